The summed E-state index contributed by atoms with van der Waals surface area (Å²) < 4.78 is 8.21. The Bertz CT molecular complexity index is 1880. The molecule has 2 fully saturated rings. The van der Waals surface area contributed by atoms with Crippen LogP contribution in [0.1, 0.15) is 119 Å². The number of rotatable bonds is 4. The summed E-state index contributed by atoms with van der Waals surface area (Å²) in [5, 5.41) is 28.6. The van der Waals surface area contributed by atoms with Crippen molar-refractivity contribution < 1.29 is 19.7 Å². The van der Waals surface area contributed by atoms with Gasteiger partial charge < -0.3 is 29.7 Å². The first kappa shape index (κ1) is 30.4. The molecule has 0 spiro atoms. The van der Waals surface area contributed by atoms with Crippen molar-refractivity contribution in [1.29, 1.82) is 0 Å². The zero-order chi connectivity index (χ0) is 32.9. The van der Waals surface area contributed by atoms with Crippen molar-refractivity contribution >= 4 is 28.1 Å². The van der Waals surface area contributed by atoms with Gasteiger partial charge in [0, 0.05) is 71.9 Å². The second-order valence-electron chi connectivity index (χ2n) is 15.6. The minimum Gasteiger partial charge on any atom is -0.504 e. The third kappa shape index (κ3) is 4.13. The number of anilines is 1. The second kappa shape index (κ2) is 10.9. The van der Waals surface area contributed by atoms with Crippen LogP contribution in [-0.2, 0) is 11.2 Å². The van der Waals surface area contributed by atoms with Gasteiger partial charge in [0.05, 0.1) is 17.8 Å². The van der Waals surface area contributed by atoms with E-state index in [-0.39, 0.29) is 34.3 Å². The van der Waals surface area contributed by atoms with E-state index in [1.807, 2.05) is 12.1 Å². The predicted octanol–water partition coefficient (Wildman–Crippen LogP) is 7.87. The van der Waals surface area contributed by atoms with Gasteiger partial charge in [0.1, 0.15) is 5.75 Å². The number of esters is 1. The number of fused-ring (bicyclic) bond motifs is 5. The molecule has 7 heterocycles. The van der Waals surface area contributed by atoms with Crippen LogP contribution in [0.3, 0.4) is 0 Å². The van der Waals surface area contributed by atoms with E-state index in [2.05, 4.69) is 45.7 Å². The van der Waals surface area contributed by atoms with Crippen LogP contribution in [0.2, 0.25) is 0 Å². The third-order valence-electron chi connectivity index (χ3n) is 13.6. The number of aromatic hydroxyl groups is 2. The number of piperidine rings is 2. The summed E-state index contributed by atoms with van der Waals surface area (Å²) in [4.78, 5) is 17.3. The molecule has 8 nitrogen and oxygen atoms in total. The molecule has 0 radical (unpaired) electrons. The van der Waals surface area contributed by atoms with E-state index >= 15 is 0 Å². The van der Waals surface area contributed by atoms with E-state index in [1.54, 1.807) is 0 Å². The van der Waals surface area contributed by atoms with E-state index in [1.165, 1.54) is 60.5 Å². The Morgan fingerprint density at radius 2 is 1.83 bits per heavy atom. The van der Waals surface area contributed by atoms with E-state index in [0.29, 0.717) is 11.8 Å². The largest absolute Gasteiger partial charge is 0.504 e. The fourth-order valence-electron chi connectivity index (χ4n) is 11.6. The lowest BCUT2D eigenvalue weighted by atomic mass is 9.62. The van der Waals surface area contributed by atoms with Crippen LogP contribution >= 0.6 is 0 Å². The first-order valence-electron chi connectivity index (χ1n) is 18.7. The van der Waals surface area contributed by atoms with Crippen LogP contribution in [-0.4, -0.2) is 63.3 Å². The second-order valence-corrected chi connectivity index (χ2v) is 15.6. The molecule has 3 aromatic rings. The molecule has 9 rings (SSSR count). The molecule has 3 N–H and O–H groups in total. The Balaban J connectivity index is 1.32. The van der Waals surface area contributed by atoms with Gasteiger partial charge in [-0.05, 0) is 118 Å². The third-order valence-corrected chi connectivity index (χ3v) is 13.6. The van der Waals surface area contributed by atoms with Gasteiger partial charge in [-0.25, -0.2) is 0 Å². The zero-order valence-corrected chi connectivity index (χ0v) is 28.8. The quantitative estimate of drug-likeness (QED) is 0.115. The van der Waals surface area contributed by atoms with Gasteiger partial charge in [0.2, 0.25) is 0 Å². The van der Waals surface area contributed by atoms with Crippen molar-refractivity contribution in [3.05, 3.63) is 52.3 Å². The molecule has 6 aliphatic heterocycles. The van der Waals surface area contributed by atoms with E-state index in [4.69, 9.17) is 4.74 Å². The molecule has 6 aliphatic rings. The van der Waals surface area contributed by atoms with Crippen molar-refractivity contribution in [3.8, 4) is 17.2 Å². The summed E-state index contributed by atoms with van der Waals surface area (Å²) in [6.07, 6.45) is 12.0. The Labute approximate surface area is 283 Å². The SMILES string of the molecule is CCC12CCCNc3c(C4CC5(CC)CCCN6CCc7c(n4c4ccc(OC(C)=O)cc74)C65)cc(O)c(O)c3C3=C1N(CCC2)CC3. The Morgan fingerprint density at radius 1 is 1.00 bits per heavy atom. The van der Waals surface area contributed by atoms with Gasteiger partial charge in [-0.2, -0.15) is 0 Å². The van der Waals surface area contributed by atoms with Crippen LogP contribution in [0.5, 0.6) is 17.2 Å². The monoisotopic (exact) mass is 650 g/mol. The molecule has 0 saturated carbocycles. The highest BCUT2D eigenvalue weighted by Gasteiger charge is 2.54. The standard InChI is InChI=1S/C40H50N4O4/c1-4-39-13-6-16-41-34-29(22-32(46)36(47)33(34)27-12-20-42(37(27)39)17-7-14-39)31-23-40(5-2)15-8-18-43-19-11-26-28-21-25(48-24(3)45)9-10-30(28)44(31)35(26)38(40)43/h9-10,21-22,31,38,41,46-47H,4-8,11-20,23H2,1-3H3. The number of phenolic OH excluding ortho intramolecular Hbond substituents is 2. The number of carbonyl (C=O) groups is 1. The highest BCUT2D eigenvalue weighted by molar-refractivity contribution is 5.91. The lowest BCUT2D eigenvalue weighted by molar-refractivity contribution is -0.131. The summed E-state index contributed by atoms with van der Waals surface area (Å²) in [6, 6.07) is 8.35. The number of allylic oxidation sites excluding steroid dienone is 1. The maximum absolute atomic E-state index is 12.0. The zero-order valence-electron chi connectivity index (χ0n) is 28.8. The van der Waals surface area contributed by atoms with E-state index < -0.39 is 0 Å². The van der Waals surface area contributed by atoms with Crippen LogP contribution in [0.15, 0.2) is 30.0 Å². The average Bonchev–Trinajstić information content (AvgIpc) is 3.68. The molecular weight excluding hydrogens is 600 g/mol. The lowest BCUT2D eigenvalue weighted by Crippen LogP contribution is -2.53. The Kier molecular flexibility index (Phi) is 6.92. The fourth-order valence-corrected chi connectivity index (χ4v) is 11.6. The van der Waals surface area contributed by atoms with Crippen molar-refractivity contribution in [3.63, 3.8) is 0 Å². The van der Waals surface area contributed by atoms with Crippen LogP contribution < -0.4 is 10.1 Å². The van der Waals surface area contributed by atoms with Crippen molar-refractivity contribution in [1.82, 2.24) is 14.4 Å². The summed E-state index contributed by atoms with van der Waals surface area (Å²) >= 11 is 0. The maximum atomic E-state index is 12.0. The Hall–Kier alpha value is -3.65. The summed E-state index contributed by atoms with van der Waals surface area (Å²) in [5.41, 5.74) is 9.79. The van der Waals surface area contributed by atoms with Gasteiger partial charge in [0.25, 0.3) is 0 Å². The minimum atomic E-state index is -0.306. The van der Waals surface area contributed by atoms with Crippen molar-refractivity contribution in [2.75, 3.05) is 38.0 Å². The summed E-state index contributed by atoms with van der Waals surface area (Å²) in [6.45, 7) is 11.2. The number of phenols is 2. The molecular formula is C40H50N4O4. The van der Waals surface area contributed by atoms with Gasteiger partial charge >= 0.3 is 5.97 Å². The minimum absolute atomic E-state index is 0.0188. The van der Waals surface area contributed by atoms with Gasteiger partial charge in [-0.3, -0.25) is 9.69 Å². The fraction of sp³-hybridized carbons (Fsp3) is 0.575. The number of hydrogen-bond donors (Lipinski definition) is 3. The molecule has 4 atom stereocenters. The smallest absolute Gasteiger partial charge is 0.308 e. The van der Waals surface area contributed by atoms with Crippen LogP contribution in [0.25, 0.3) is 16.5 Å². The summed E-state index contributed by atoms with van der Waals surface area (Å²) in [7, 11) is 0. The van der Waals surface area contributed by atoms with Crippen molar-refractivity contribution in [2.45, 2.75) is 103 Å². The van der Waals surface area contributed by atoms with Crippen LogP contribution in [0.4, 0.5) is 5.69 Å². The molecule has 8 heteroatoms. The normalized spacial score (nSPS) is 29.4. The number of nitrogens with one attached hydrogen (secondary N) is 1. The molecule has 254 valence electrons. The lowest BCUT2D eigenvalue weighted by Gasteiger charge is -2.57. The molecule has 4 unspecified atom stereocenters. The molecule has 0 aliphatic carbocycles. The predicted molar refractivity (Wildman–Crippen MR) is 189 cm³/mol. The van der Waals surface area contributed by atoms with Gasteiger partial charge in [0.15, 0.2) is 11.5 Å². The maximum Gasteiger partial charge on any atom is 0.308 e. The first-order valence-corrected chi connectivity index (χ1v) is 18.7. The molecule has 2 aromatic carbocycles. The average molecular weight is 651 g/mol. The molecule has 0 bridgehead atoms. The molecule has 0 amide bonds. The van der Waals surface area contributed by atoms with Crippen LogP contribution in [0, 0.1) is 10.8 Å². The highest BCUT2D eigenvalue weighted by Crippen LogP contribution is 2.63. The number of benzene rings is 2. The molecule has 48 heavy (non-hydrogen) atoms. The number of hydrogen-bond acceptors (Lipinski definition) is 7. The number of ether oxygens (including phenoxy) is 1. The highest BCUT2D eigenvalue weighted by atomic mass is 16.5. The molecule has 1 aromatic heterocycles. The summed E-state index contributed by atoms with van der Waals surface area (Å²) in [5.74, 6) is 0.292. The van der Waals surface area contributed by atoms with Crippen molar-refractivity contribution in [2.24, 2.45) is 10.8 Å². The topological polar surface area (TPSA) is 90.2 Å². The number of carbonyl (C=O) groups excluding carboxylic acids is 1. The van der Waals surface area contributed by atoms with E-state index in [9.17, 15) is 15.0 Å². The Morgan fingerprint density at radius 3 is 2.65 bits per heavy atom. The first-order chi connectivity index (χ1) is 23.3. The van der Waals surface area contributed by atoms with Gasteiger partial charge in [-0.15, -0.1) is 0 Å². The number of nitrogens with zero attached hydrogens (tertiary/aromatic N) is 3. The van der Waals surface area contributed by atoms with E-state index in [0.717, 1.165) is 100 Å². The molecule has 2 saturated heterocycles. The number of aromatic nitrogens is 1. The van der Waals surface area contributed by atoms with Gasteiger partial charge in [-0.1, -0.05) is 13.8 Å².